The van der Waals surface area contributed by atoms with Gasteiger partial charge in [0.05, 0.1) is 23.9 Å². The summed E-state index contributed by atoms with van der Waals surface area (Å²) in [6.45, 7) is 3.00. The summed E-state index contributed by atoms with van der Waals surface area (Å²) >= 11 is 0. The average Bonchev–Trinajstić information content (AvgIpc) is 3.26. The van der Waals surface area contributed by atoms with E-state index in [4.69, 9.17) is 14.2 Å². The zero-order valence-corrected chi connectivity index (χ0v) is 21.9. The number of cyclic esters (lactones) is 1. The fourth-order valence-electron chi connectivity index (χ4n) is 4.33. The normalized spacial score (nSPS) is 13.6. The van der Waals surface area contributed by atoms with Crippen LogP contribution in [0.15, 0.2) is 35.9 Å². The number of alkyl halides is 6. The van der Waals surface area contributed by atoms with Gasteiger partial charge < -0.3 is 19.1 Å². The Bertz CT molecular complexity index is 1360. The number of ether oxygens (including phenoxy) is 3. The Kier molecular flexibility index (Phi) is 8.85. The maximum Gasteiger partial charge on any atom is 0.471 e. The fraction of sp³-hybridized carbons (Fsp3) is 0.370. The molecule has 2 aromatic carbocycles. The first-order valence-corrected chi connectivity index (χ1v) is 11.8. The Morgan fingerprint density at radius 2 is 1.75 bits per heavy atom. The number of hydrogen-bond donors (Lipinski definition) is 0. The van der Waals surface area contributed by atoms with Crippen LogP contribution in [0, 0.1) is 6.92 Å². The van der Waals surface area contributed by atoms with Crippen LogP contribution in [0.4, 0.5) is 32.0 Å². The predicted octanol–water partition coefficient (Wildman–Crippen LogP) is 6.09. The number of hydrogen-bond acceptors (Lipinski definition) is 6. The van der Waals surface area contributed by atoms with E-state index < -0.39 is 41.5 Å². The lowest BCUT2D eigenvalue weighted by Crippen LogP contribution is -2.39. The van der Waals surface area contributed by atoms with E-state index in [1.807, 2.05) is 0 Å². The van der Waals surface area contributed by atoms with Crippen molar-refractivity contribution < 1.29 is 54.9 Å². The smallest absolute Gasteiger partial charge is 0.471 e. The summed E-state index contributed by atoms with van der Waals surface area (Å²) in [5, 5.41) is 0. The van der Waals surface area contributed by atoms with E-state index in [9.17, 15) is 40.7 Å². The van der Waals surface area contributed by atoms with Crippen molar-refractivity contribution in [1.82, 2.24) is 0 Å². The van der Waals surface area contributed by atoms with Crippen LogP contribution < -0.4 is 14.4 Å². The van der Waals surface area contributed by atoms with Crippen molar-refractivity contribution in [3.63, 3.8) is 0 Å². The third kappa shape index (κ3) is 6.40. The quantitative estimate of drug-likeness (QED) is 0.165. The molecule has 0 saturated heterocycles. The third-order valence-electron chi connectivity index (χ3n) is 6.32. The molecule has 3 rings (SSSR count). The second kappa shape index (κ2) is 11.6. The maximum absolute atomic E-state index is 13.3. The molecule has 1 amide bonds. The Balaban J connectivity index is 1.88. The largest absolute Gasteiger partial charge is 0.496 e. The van der Waals surface area contributed by atoms with Crippen LogP contribution in [-0.2, 0) is 33.5 Å². The van der Waals surface area contributed by atoms with Gasteiger partial charge >= 0.3 is 30.2 Å². The molecule has 0 bridgehead atoms. The molecule has 0 aromatic heterocycles. The highest BCUT2D eigenvalue weighted by Crippen LogP contribution is 2.44. The number of para-hydroxylation sites is 1. The minimum atomic E-state index is -5.23. The molecule has 13 heteroatoms. The number of halogens is 6. The lowest BCUT2D eigenvalue weighted by atomic mass is 9.92. The van der Waals surface area contributed by atoms with Crippen molar-refractivity contribution >= 4 is 23.5 Å². The van der Waals surface area contributed by atoms with E-state index >= 15 is 0 Å². The topological polar surface area (TPSA) is 82.1 Å². The van der Waals surface area contributed by atoms with Gasteiger partial charge in [0.1, 0.15) is 18.1 Å². The molecule has 7 nitrogen and oxygen atoms in total. The van der Waals surface area contributed by atoms with Crippen LogP contribution in [0.25, 0.3) is 0 Å². The SMILES string of the molecule is COc1c(C)c2c(c(N(C)C(=O)C(F)(F)F)c1C/C=C(\C)CCC(=O)Oc1ccccc1C(F)(F)F)C(=O)OC2. The van der Waals surface area contributed by atoms with Gasteiger partial charge in [-0.1, -0.05) is 23.8 Å². The summed E-state index contributed by atoms with van der Waals surface area (Å²) < 4.78 is 94.8. The zero-order valence-electron chi connectivity index (χ0n) is 21.9. The van der Waals surface area contributed by atoms with Crippen molar-refractivity contribution in [2.24, 2.45) is 0 Å². The molecular formula is C27H25F6NO6. The first-order valence-electron chi connectivity index (χ1n) is 11.8. The van der Waals surface area contributed by atoms with E-state index in [-0.39, 0.29) is 48.4 Å². The second-order valence-electron chi connectivity index (χ2n) is 9.00. The van der Waals surface area contributed by atoms with E-state index in [0.717, 1.165) is 25.2 Å². The summed E-state index contributed by atoms with van der Waals surface area (Å²) in [6, 6.07) is 4.27. The highest BCUT2D eigenvalue weighted by atomic mass is 19.4. The number of allylic oxidation sites excluding steroid dienone is 2. The van der Waals surface area contributed by atoms with Gasteiger partial charge in [-0.05, 0) is 44.4 Å². The molecule has 0 spiro atoms. The van der Waals surface area contributed by atoms with Crippen molar-refractivity contribution in [3.05, 3.63) is 63.7 Å². The van der Waals surface area contributed by atoms with Gasteiger partial charge in [0, 0.05) is 24.6 Å². The molecule has 1 heterocycles. The number of anilines is 1. The number of amides is 1. The van der Waals surface area contributed by atoms with E-state index in [1.54, 1.807) is 19.9 Å². The van der Waals surface area contributed by atoms with Crippen LogP contribution in [0.3, 0.4) is 0 Å². The minimum absolute atomic E-state index is 0.0496. The van der Waals surface area contributed by atoms with E-state index in [0.29, 0.717) is 21.6 Å². The molecule has 0 radical (unpaired) electrons. The van der Waals surface area contributed by atoms with Crippen LogP contribution in [0.1, 0.15) is 52.4 Å². The maximum atomic E-state index is 13.3. The zero-order chi connectivity index (χ0) is 30.0. The number of methoxy groups -OCH3 is 1. The third-order valence-corrected chi connectivity index (χ3v) is 6.32. The Morgan fingerprint density at radius 3 is 2.35 bits per heavy atom. The molecule has 0 unspecified atom stereocenters. The standard InChI is InChI=1S/C27H25F6NO6/c1-14(10-12-20(35)40-19-8-6-5-7-18(19)26(28,29)30)9-11-16-22(34(3)25(37)27(31,32)33)21-17(13-39-24(21)36)15(2)23(16)38-4/h5-9H,10-13H2,1-4H3/b14-9+. The van der Waals surface area contributed by atoms with Crippen LogP contribution in [0.5, 0.6) is 11.5 Å². The van der Waals surface area contributed by atoms with Crippen LogP contribution in [-0.4, -0.2) is 38.2 Å². The van der Waals surface area contributed by atoms with E-state index in [1.165, 1.54) is 13.2 Å². The van der Waals surface area contributed by atoms with Gasteiger partial charge in [0.15, 0.2) is 0 Å². The summed E-state index contributed by atoms with van der Waals surface area (Å²) in [7, 11) is 2.18. The number of esters is 2. The number of carbonyl (C=O) groups is 3. The lowest BCUT2D eigenvalue weighted by molar-refractivity contribution is -0.170. The molecule has 0 saturated carbocycles. The fourth-order valence-corrected chi connectivity index (χ4v) is 4.33. The molecule has 0 fully saturated rings. The molecule has 216 valence electrons. The average molecular weight is 573 g/mol. The summed E-state index contributed by atoms with van der Waals surface area (Å²) in [5.41, 5.74) is -0.185. The summed E-state index contributed by atoms with van der Waals surface area (Å²) in [6.07, 6.45) is -8.74. The molecule has 0 atom stereocenters. The van der Waals surface area contributed by atoms with Crippen molar-refractivity contribution in [2.45, 2.75) is 52.1 Å². The second-order valence-corrected chi connectivity index (χ2v) is 9.00. The van der Waals surface area contributed by atoms with Crippen molar-refractivity contribution in [1.29, 1.82) is 0 Å². The highest BCUT2D eigenvalue weighted by molar-refractivity contribution is 6.08. The van der Waals surface area contributed by atoms with Gasteiger partial charge in [-0.15, -0.1) is 0 Å². The number of benzene rings is 2. The Hall–Kier alpha value is -4.03. The predicted molar refractivity (Wildman–Crippen MR) is 130 cm³/mol. The summed E-state index contributed by atoms with van der Waals surface area (Å²) in [4.78, 5) is 37.2. The van der Waals surface area contributed by atoms with Crippen molar-refractivity contribution in [3.8, 4) is 11.5 Å². The van der Waals surface area contributed by atoms with Crippen LogP contribution in [0.2, 0.25) is 0 Å². The van der Waals surface area contributed by atoms with Gasteiger partial charge in [-0.25, -0.2) is 4.79 Å². The molecule has 0 N–H and O–H groups in total. The Labute approximate surface area is 225 Å². The number of carbonyl (C=O) groups excluding carboxylic acids is 3. The molecule has 1 aliphatic rings. The van der Waals surface area contributed by atoms with Gasteiger partial charge in [-0.3, -0.25) is 9.59 Å². The molecule has 0 aliphatic carbocycles. The van der Waals surface area contributed by atoms with E-state index in [2.05, 4.69) is 0 Å². The lowest BCUT2D eigenvalue weighted by Gasteiger charge is -2.26. The molecule has 40 heavy (non-hydrogen) atoms. The highest BCUT2D eigenvalue weighted by Gasteiger charge is 2.45. The Morgan fingerprint density at radius 1 is 1.10 bits per heavy atom. The van der Waals surface area contributed by atoms with Gasteiger partial charge in [-0.2, -0.15) is 26.3 Å². The summed E-state index contributed by atoms with van der Waals surface area (Å²) in [5.74, 6) is -4.49. The molecular weight excluding hydrogens is 548 g/mol. The number of rotatable bonds is 8. The first-order chi connectivity index (χ1) is 18.6. The van der Waals surface area contributed by atoms with Crippen molar-refractivity contribution in [2.75, 3.05) is 19.1 Å². The monoisotopic (exact) mass is 573 g/mol. The van der Waals surface area contributed by atoms with Gasteiger partial charge in [0.2, 0.25) is 0 Å². The molecule has 1 aliphatic heterocycles. The first kappa shape index (κ1) is 30.5. The van der Waals surface area contributed by atoms with Crippen LogP contribution >= 0.6 is 0 Å². The van der Waals surface area contributed by atoms with Gasteiger partial charge in [0.25, 0.3) is 0 Å². The number of fused-ring (bicyclic) bond motifs is 1. The number of nitrogens with zero attached hydrogens (tertiary/aromatic N) is 1. The molecule has 2 aromatic rings. The minimum Gasteiger partial charge on any atom is -0.496 e.